The maximum absolute atomic E-state index is 4.42. The van der Waals surface area contributed by atoms with Gasteiger partial charge in [-0.15, -0.1) is 0 Å². The number of rotatable bonds is 5. The Morgan fingerprint density at radius 3 is 2.71 bits per heavy atom. The largest absolute Gasteiger partial charge is 0.353 e. The van der Waals surface area contributed by atoms with E-state index in [-0.39, 0.29) is 0 Å². The first-order valence-electron chi connectivity index (χ1n) is 9.04. The van der Waals surface area contributed by atoms with Crippen LogP contribution in [-0.4, -0.2) is 49.1 Å². The second kappa shape index (κ2) is 6.99. The van der Waals surface area contributed by atoms with Gasteiger partial charge in [0.1, 0.15) is 0 Å². The molecule has 4 heteroatoms. The van der Waals surface area contributed by atoms with Crippen LogP contribution in [0.2, 0.25) is 0 Å². The molecular weight excluding hydrogens is 260 g/mol. The van der Waals surface area contributed by atoms with Gasteiger partial charge in [-0.3, -0.25) is 9.89 Å². The maximum Gasteiger partial charge on any atom is 0.191 e. The lowest BCUT2D eigenvalue weighted by Gasteiger charge is -2.24. The van der Waals surface area contributed by atoms with Crippen LogP contribution in [0.3, 0.4) is 0 Å². The molecule has 1 heterocycles. The summed E-state index contributed by atoms with van der Waals surface area (Å²) in [5.41, 5.74) is 0. The minimum absolute atomic E-state index is 0.583. The van der Waals surface area contributed by atoms with Gasteiger partial charge in [-0.1, -0.05) is 26.2 Å². The second-order valence-corrected chi connectivity index (χ2v) is 7.17. The van der Waals surface area contributed by atoms with E-state index in [4.69, 9.17) is 0 Å². The van der Waals surface area contributed by atoms with Gasteiger partial charge < -0.3 is 10.6 Å². The van der Waals surface area contributed by atoms with Gasteiger partial charge >= 0.3 is 0 Å². The SMILES string of the molecule is CCCC1CC1NC(=NC)NC1CCN(C2CCCC2)C1. The van der Waals surface area contributed by atoms with Crippen LogP contribution in [0.15, 0.2) is 4.99 Å². The van der Waals surface area contributed by atoms with E-state index in [2.05, 4.69) is 27.4 Å². The number of nitrogens with one attached hydrogen (secondary N) is 2. The summed E-state index contributed by atoms with van der Waals surface area (Å²) in [5.74, 6) is 1.91. The molecule has 0 amide bonds. The van der Waals surface area contributed by atoms with E-state index in [9.17, 15) is 0 Å². The first kappa shape index (κ1) is 15.1. The molecule has 1 saturated heterocycles. The minimum atomic E-state index is 0.583. The van der Waals surface area contributed by atoms with Crippen LogP contribution >= 0.6 is 0 Å². The van der Waals surface area contributed by atoms with Crippen LogP contribution in [0.25, 0.3) is 0 Å². The summed E-state index contributed by atoms with van der Waals surface area (Å²) in [5, 5.41) is 7.26. The molecule has 0 aromatic carbocycles. The Kier molecular flexibility index (Phi) is 5.04. The molecule has 0 aromatic heterocycles. The van der Waals surface area contributed by atoms with Crippen LogP contribution in [0.5, 0.6) is 0 Å². The van der Waals surface area contributed by atoms with E-state index in [0.717, 1.165) is 17.9 Å². The zero-order valence-electron chi connectivity index (χ0n) is 13.8. The van der Waals surface area contributed by atoms with Gasteiger partial charge in [0.15, 0.2) is 5.96 Å². The number of hydrogen-bond acceptors (Lipinski definition) is 2. The standard InChI is InChI=1S/C17H32N4/c1-3-6-13-11-16(13)20-17(18-2)19-14-9-10-21(12-14)15-7-4-5-8-15/h13-16H,3-12H2,1-2H3,(H2,18,19,20). The van der Waals surface area contributed by atoms with E-state index in [1.165, 1.54) is 64.5 Å². The molecular formula is C17H32N4. The number of likely N-dealkylation sites (tertiary alicyclic amines) is 1. The summed E-state index contributed by atoms with van der Waals surface area (Å²) in [6.07, 6.45) is 10.9. The Morgan fingerprint density at radius 1 is 1.19 bits per heavy atom. The molecule has 3 rings (SSSR count). The van der Waals surface area contributed by atoms with Crippen molar-refractivity contribution < 1.29 is 0 Å². The average Bonchev–Trinajstić information content (AvgIpc) is 2.92. The third-order valence-electron chi connectivity index (χ3n) is 5.53. The minimum Gasteiger partial charge on any atom is -0.353 e. The van der Waals surface area contributed by atoms with Crippen molar-refractivity contribution in [2.24, 2.45) is 10.9 Å². The molecule has 2 saturated carbocycles. The van der Waals surface area contributed by atoms with Crippen LogP contribution in [-0.2, 0) is 0 Å². The van der Waals surface area contributed by atoms with Crippen LogP contribution in [0.4, 0.5) is 0 Å². The average molecular weight is 292 g/mol. The van der Waals surface area contributed by atoms with Crippen LogP contribution in [0, 0.1) is 5.92 Å². The Morgan fingerprint density at radius 2 is 2.00 bits per heavy atom. The van der Waals surface area contributed by atoms with Crippen molar-refractivity contribution in [1.29, 1.82) is 0 Å². The van der Waals surface area contributed by atoms with E-state index < -0.39 is 0 Å². The first-order valence-corrected chi connectivity index (χ1v) is 9.04. The summed E-state index contributed by atoms with van der Waals surface area (Å²) >= 11 is 0. The Bertz CT molecular complexity index is 362. The maximum atomic E-state index is 4.42. The summed E-state index contributed by atoms with van der Waals surface area (Å²) in [7, 11) is 1.90. The first-order chi connectivity index (χ1) is 10.3. The van der Waals surface area contributed by atoms with Crippen molar-refractivity contribution in [1.82, 2.24) is 15.5 Å². The molecule has 2 aliphatic carbocycles. The van der Waals surface area contributed by atoms with Gasteiger partial charge in [0, 0.05) is 38.3 Å². The Balaban J connectivity index is 1.41. The third kappa shape index (κ3) is 3.91. The van der Waals surface area contributed by atoms with Gasteiger partial charge in [-0.05, 0) is 38.0 Å². The van der Waals surface area contributed by atoms with Crippen molar-refractivity contribution in [3.05, 3.63) is 0 Å². The summed E-state index contributed by atoms with van der Waals surface area (Å²) < 4.78 is 0. The fourth-order valence-electron chi connectivity index (χ4n) is 4.16. The van der Waals surface area contributed by atoms with E-state index in [1.54, 1.807) is 0 Å². The highest BCUT2D eigenvalue weighted by Crippen LogP contribution is 2.34. The molecule has 0 aromatic rings. The molecule has 0 bridgehead atoms. The van der Waals surface area contributed by atoms with Gasteiger partial charge in [-0.2, -0.15) is 0 Å². The highest BCUT2D eigenvalue weighted by Gasteiger charge is 2.37. The summed E-state index contributed by atoms with van der Waals surface area (Å²) in [6, 6.07) is 2.12. The molecule has 2 N–H and O–H groups in total. The lowest BCUT2D eigenvalue weighted by Crippen LogP contribution is -2.46. The number of guanidine groups is 1. The predicted octanol–water partition coefficient (Wildman–Crippen LogP) is 2.36. The summed E-state index contributed by atoms with van der Waals surface area (Å²) in [4.78, 5) is 7.13. The van der Waals surface area contributed by atoms with E-state index in [0.29, 0.717) is 12.1 Å². The number of aliphatic imine (C=N–C) groups is 1. The zero-order valence-corrected chi connectivity index (χ0v) is 13.8. The molecule has 3 unspecified atom stereocenters. The van der Waals surface area contributed by atoms with Crippen LogP contribution in [0.1, 0.15) is 58.3 Å². The fourth-order valence-corrected chi connectivity index (χ4v) is 4.16. The topological polar surface area (TPSA) is 39.7 Å². The number of hydrogen-bond donors (Lipinski definition) is 2. The van der Waals surface area contributed by atoms with E-state index in [1.807, 2.05) is 7.05 Å². The van der Waals surface area contributed by atoms with Gasteiger partial charge in [-0.25, -0.2) is 0 Å². The molecule has 1 aliphatic heterocycles. The molecule has 0 spiro atoms. The van der Waals surface area contributed by atoms with Crippen LogP contribution < -0.4 is 10.6 Å². The van der Waals surface area contributed by atoms with Crippen molar-refractivity contribution in [2.75, 3.05) is 20.1 Å². The molecule has 21 heavy (non-hydrogen) atoms. The normalized spacial score (nSPS) is 34.4. The highest BCUT2D eigenvalue weighted by molar-refractivity contribution is 5.80. The molecule has 3 fully saturated rings. The quantitative estimate of drug-likeness (QED) is 0.603. The smallest absolute Gasteiger partial charge is 0.191 e. The molecule has 4 nitrogen and oxygen atoms in total. The van der Waals surface area contributed by atoms with Gasteiger partial charge in [0.05, 0.1) is 0 Å². The third-order valence-corrected chi connectivity index (χ3v) is 5.53. The zero-order chi connectivity index (χ0) is 14.7. The Labute approximate surface area is 129 Å². The lowest BCUT2D eigenvalue weighted by molar-refractivity contribution is 0.242. The Hall–Kier alpha value is -0.770. The van der Waals surface area contributed by atoms with Crippen molar-refractivity contribution in [3.63, 3.8) is 0 Å². The lowest BCUT2D eigenvalue weighted by atomic mass is 10.2. The van der Waals surface area contributed by atoms with Crippen molar-refractivity contribution >= 4 is 5.96 Å². The molecule has 0 radical (unpaired) electrons. The number of nitrogens with zero attached hydrogens (tertiary/aromatic N) is 2. The van der Waals surface area contributed by atoms with Crippen molar-refractivity contribution in [2.45, 2.75) is 76.4 Å². The molecule has 3 atom stereocenters. The van der Waals surface area contributed by atoms with Crippen molar-refractivity contribution in [3.8, 4) is 0 Å². The van der Waals surface area contributed by atoms with Gasteiger partial charge in [0.25, 0.3) is 0 Å². The van der Waals surface area contributed by atoms with Gasteiger partial charge in [0.2, 0.25) is 0 Å². The molecule has 120 valence electrons. The second-order valence-electron chi connectivity index (χ2n) is 7.17. The molecule has 3 aliphatic rings. The highest BCUT2D eigenvalue weighted by atomic mass is 15.3. The summed E-state index contributed by atoms with van der Waals surface area (Å²) in [6.45, 7) is 4.74. The fraction of sp³-hybridized carbons (Fsp3) is 0.941. The van der Waals surface area contributed by atoms with E-state index >= 15 is 0 Å². The predicted molar refractivity (Wildman–Crippen MR) is 88.7 cm³/mol. The monoisotopic (exact) mass is 292 g/mol.